The van der Waals surface area contributed by atoms with Gasteiger partial charge in [0.25, 0.3) is 5.91 Å². The number of rotatable bonds is 3. The number of nitrogens with zero attached hydrogens (tertiary/aromatic N) is 1. The van der Waals surface area contributed by atoms with Crippen LogP contribution in [0.15, 0.2) is 28.4 Å². The maximum atomic E-state index is 11.7. The molecule has 0 spiro atoms. The van der Waals surface area contributed by atoms with E-state index in [2.05, 4.69) is 26.2 Å². The highest BCUT2D eigenvalue weighted by Gasteiger charge is 2.05. The van der Waals surface area contributed by atoms with Gasteiger partial charge in [-0.25, -0.2) is 4.98 Å². The Morgan fingerprint density at radius 1 is 1.62 bits per heavy atom. The van der Waals surface area contributed by atoms with Crippen LogP contribution in [0.5, 0.6) is 0 Å². The van der Waals surface area contributed by atoms with Crippen molar-refractivity contribution in [3.8, 4) is 0 Å². The number of pyridine rings is 1. The van der Waals surface area contributed by atoms with Crippen LogP contribution in [0.3, 0.4) is 0 Å². The van der Waals surface area contributed by atoms with Crippen LogP contribution in [-0.4, -0.2) is 10.9 Å². The van der Waals surface area contributed by atoms with Gasteiger partial charge < -0.3 is 5.32 Å². The molecule has 16 heavy (non-hydrogen) atoms. The summed E-state index contributed by atoms with van der Waals surface area (Å²) in [5.74, 6) is 0.477. The lowest BCUT2D eigenvalue weighted by Crippen LogP contribution is -2.13. The van der Waals surface area contributed by atoms with Crippen molar-refractivity contribution in [2.75, 3.05) is 5.32 Å². The number of hydrogen-bond donors (Lipinski definition) is 1. The van der Waals surface area contributed by atoms with Crippen molar-refractivity contribution in [1.29, 1.82) is 0 Å². The predicted molar refractivity (Wildman–Crippen MR) is 69.4 cm³/mol. The van der Waals surface area contributed by atoms with E-state index in [-0.39, 0.29) is 5.91 Å². The highest BCUT2D eigenvalue weighted by molar-refractivity contribution is 9.10. The normalized spacial score (nSPS) is 11.4. The molecule has 0 aromatic carbocycles. The molecule has 0 bridgehead atoms. The molecular formula is C12H15BrN2O. The predicted octanol–water partition coefficient (Wildman–Crippen LogP) is 3.45. The molecular weight excluding hydrogens is 268 g/mol. The molecule has 0 aliphatic rings. The van der Waals surface area contributed by atoms with Crippen LogP contribution in [0.4, 0.5) is 5.82 Å². The average Bonchev–Trinajstić information content (AvgIpc) is 2.24. The van der Waals surface area contributed by atoms with E-state index >= 15 is 0 Å². The van der Waals surface area contributed by atoms with Gasteiger partial charge in [0, 0.05) is 16.2 Å². The molecule has 0 saturated carbocycles. The summed E-state index contributed by atoms with van der Waals surface area (Å²) in [7, 11) is 0. The Bertz CT molecular complexity index is 427. The third kappa shape index (κ3) is 3.45. The van der Waals surface area contributed by atoms with Gasteiger partial charge in [-0.3, -0.25) is 4.79 Å². The van der Waals surface area contributed by atoms with Crippen LogP contribution >= 0.6 is 15.9 Å². The molecule has 0 atom stereocenters. The van der Waals surface area contributed by atoms with E-state index in [4.69, 9.17) is 0 Å². The van der Waals surface area contributed by atoms with Gasteiger partial charge in [0.1, 0.15) is 5.82 Å². The van der Waals surface area contributed by atoms with Gasteiger partial charge in [-0.05, 0) is 47.8 Å². The van der Waals surface area contributed by atoms with Crippen LogP contribution in [0.25, 0.3) is 0 Å². The van der Waals surface area contributed by atoms with E-state index in [0.29, 0.717) is 11.4 Å². The van der Waals surface area contributed by atoms with Crippen LogP contribution < -0.4 is 5.32 Å². The molecule has 1 amide bonds. The zero-order valence-electron chi connectivity index (χ0n) is 9.67. The number of hydrogen-bond acceptors (Lipinski definition) is 2. The number of carbonyl (C=O) groups excluding carboxylic acids is 1. The van der Waals surface area contributed by atoms with Gasteiger partial charge in [0.15, 0.2) is 0 Å². The molecule has 0 aliphatic carbocycles. The second-order valence-corrected chi connectivity index (χ2v) is 4.42. The largest absolute Gasteiger partial charge is 0.307 e. The number of anilines is 1. The minimum atomic E-state index is -0.101. The quantitative estimate of drug-likeness (QED) is 0.863. The molecule has 1 N–H and O–H groups in total. The summed E-state index contributed by atoms with van der Waals surface area (Å²) in [6.07, 6.45) is 4.43. The average molecular weight is 283 g/mol. The molecule has 1 rings (SSSR count). The standard InChI is InChI=1S/C12H15BrN2O/c1-4-5-8(2)12(16)15-11-6-9(3)10(13)7-14-11/h5-7H,4H2,1-3H3,(H,14,15,16). The molecule has 4 heteroatoms. The molecule has 0 saturated heterocycles. The number of carbonyl (C=O) groups is 1. The lowest BCUT2D eigenvalue weighted by Gasteiger charge is -2.06. The van der Waals surface area contributed by atoms with Gasteiger partial charge in [-0.15, -0.1) is 0 Å². The van der Waals surface area contributed by atoms with E-state index in [0.717, 1.165) is 16.5 Å². The molecule has 0 unspecified atom stereocenters. The van der Waals surface area contributed by atoms with Crippen molar-refractivity contribution < 1.29 is 4.79 Å². The summed E-state index contributed by atoms with van der Waals surface area (Å²) < 4.78 is 0.936. The first kappa shape index (κ1) is 12.9. The fourth-order valence-corrected chi connectivity index (χ4v) is 1.44. The van der Waals surface area contributed by atoms with Gasteiger partial charge in [-0.2, -0.15) is 0 Å². The maximum absolute atomic E-state index is 11.7. The van der Waals surface area contributed by atoms with Crippen LogP contribution in [0.2, 0.25) is 0 Å². The highest BCUT2D eigenvalue weighted by Crippen LogP contribution is 2.17. The first-order chi connectivity index (χ1) is 7.54. The fraction of sp³-hybridized carbons (Fsp3) is 0.333. The smallest absolute Gasteiger partial charge is 0.252 e. The van der Waals surface area contributed by atoms with E-state index in [9.17, 15) is 4.79 Å². The Morgan fingerprint density at radius 3 is 2.88 bits per heavy atom. The van der Waals surface area contributed by atoms with Gasteiger partial charge >= 0.3 is 0 Å². The Balaban J connectivity index is 2.77. The van der Waals surface area contributed by atoms with E-state index in [1.165, 1.54) is 0 Å². The van der Waals surface area contributed by atoms with Crippen molar-refractivity contribution in [3.63, 3.8) is 0 Å². The molecule has 1 aromatic heterocycles. The topological polar surface area (TPSA) is 42.0 Å². The van der Waals surface area contributed by atoms with Crippen LogP contribution in [0.1, 0.15) is 25.8 Å². The van der Waals surface area contributed by atoms with Crippen LogP contribution in [0, 0.1) is 6.92 Å². The molecule has 1 aromatic rings. The Morgan fingerprint density at radius 2 is 2.31 bits per heavy atom. The molecule has 3 nitrogen and oxygen atoms in total. The van der Waals surface area contributed by atoms with Crippen LogP contribution in [-0.2, 0) is 4.79 Å². The number of amides is 1. The van der Waals surface area contributed by atoms with E-state index in [1.807, 2.05) is 26.0 Å². The summed E-state index contributed by atoms with van der Waals surface area (Å²) in [6, 6.07) is 1.83. The zero-order valence-corrected chi connectivity index (χ0v) is 11.3. The highest BCUT2D eigenvalue weighted by atomic mass is 79.9. The van der Waals surface area contributed by atoms with Crippen molar-refractivity contribution in [2.45, 2.75) is 27.2 Å². The second kappa shape index (κ2) is 5.80. The molecule has 1 heterocycles. The van der Waals surface area contributed by atoms with E-state index < -0.39 is 0 Å². The third-order valence-corrected chi connectivity index (χ3v) is 2.99. The van der Waals surface area contributed by atoms with Crippen molar-refractivity contribution >= 4 is 27.7 Å². The van der Waals surface area contributed by atoms with Gasteiger partial charge in [0.2, 0.25) is 0 Å². The van der Waals surface area contributed by atoms with Crippen molar-refractivity contribution in [1.82, 2.24) is 4.98 Å². The lowest BCUT2D eigenvalue weighted by atomic mass is 10.2. The minimum Gasteiger partial charge on any atom is -0.307 e. The number of aryl methyl sites for hydroxylation is 1. The second-order valence-electron chi connectivity index (χ2n) is 3.57. The number of nitrogens with one attached hydrogen (secondary N) is 1. The third-order valence-electron chi connectivity index (χ3n) is 2.16. The zero-order chi connectivity index (χ0) is 12.1. The minimum absolute atomic E-state index is 0.101. The molecule has 0 aliphatic heterocycles. The number of aromatic nitrogens is 1. The first-order valence-corrected chi connectivity index (χ1v) is 5.94. The summed E-state index contributed by atoms with van der Waals surface area (Å²) in [5.41, 5.74) is 1.76. The SMILES string of the molecule is CCC=C(C)C(=O)Nc1cc(C)c(Br)cn1. The summed E-state index contributed by atoms with van der Waals surface area (Å²) in [6.45, 7) is 5.75. The Kier molecular flexibility index (Phi) is 4.68. The van der Waals surface area contributed by atoms with Gasteiger partial charge in [0.05, 0.1) is 0 Å². The Hall–Kier alpha value is -1.16. The monoisotopic (exact) mass is 282 g/mol. The number of halogens is 1. The number of allylic oxidation sites excluding steroid dienone is 1. The van der Waals surface area contributed by atoms with Gasteiger partial charge in [-0.1, -0.05) is 13.0 Å². The molecule has 0 fully saturated rings. The molecule has 86 valence electrons. The van der Waals surface area contributed by atoms with Crippen molar-refractivity contribution in [2.24, 2.45) is 0 Å². The Labute approximate surface area is 104 Å². The summed E-state index contributed by atoms with van der Waals surface area (Å²) >= 11 is 3.36. The summed E-state index contributed by atoms with van der Waals surface area (Å²) in [5, 5.41) is 2.76. The summed E-state index contributed by atoms with van der Waals surface area (Å²) in [4.78, 5) is 15.8. The maximum Gasteiger partial charge on any atom is 0.252 e. The lowest BCUT2D eigenvalue weighted by molar-refractivity contribution is -0.112. The van der Waals surface area contributed by atoms with E-state index in [1.54, 1.807) is 13.1 Å². The molecule has 0 radical (unpaired) electrons. The van der Waals surface area contributed by atoms with Crippen molar-refractivity contribution in [3.05, 3.63) is 33.9 Å². The fourth-order valence-electron chi connectivity index (χ4n) is 1.22. The first-order valence-electron chi connectivity index (χ1n) is 5.14.